The molecule has 1 saturated heterocycles. The second-order valence-corrected chi connectivity index (χ2v) is 6.91. The summed E-state index contributed by atoms with van der Waals surface area (Å²) in [6, 6.07) is 4.60. The molecule has 2 aliphatic rings. The minimum atomic E-state index is -0.0303. The maximum absolute atomic E-state index is 12.9. The van der Waals surface area contributed by atoms with E-state index >= 15 is 0 Å². The van der Waals surface area contributed by atoms with Crippen molar-refractivity contribution in [2.75, 3.05) is 13.1 Å². The van der Waals surface area contributed by atoms with Crippen LogP contribution in [-0.4, -0.2) is 44.8 Å². The van der Waals surface area contributed by atoms with E-state index in [9.17, 15) is 4.79 Å². The number of aromatic amines is 1. The molecule has 1 fully saturated rings. The van der Waals surface area contributed by atoms with Crippen molar-refractivity contribution in [2.45, 2.75) is 51.4 Å². The lowest BCUT2D eigenvalue weighted by Crippen LogP contribution is -2.39. The van der Waals surface area contributed by atoms with Gasteiger partial charge in [0.25, 0.3) is 5.91 Å². The number of carbonyl (C=O) groups is 1. The number of hydrogen-bond acceptors (Lipinski definition) is 3. The van der Waals surface area contributed by atoms with Gasteiger partial charge in [0.1, 0.15) is 0 Å². The van der Waals surface area contributed by atoms with E-state index in [4.69, 9.17) is 4.74 Å². The van der Waals surface area contributed by atoms with Gasteiger partial charge in [-0.2, -0.15) is 5.10 Å². The van der Waals surface area contributed by atoms with Gasteiger partial charge in [-0.15, -0.1) is 0 Å². The maximum Gasteiger partial charge on any atom is 0.274 e. The number of amides is 1. The van der Waals surface area contributed by atoms with Crippen LogP contribution in [0.3, 0.4) is 0 Å². The van der Waals surface area contributed by atoms with Crippen LogP contribution in [0.4, 0.5) is 0 Å². The molecular formula is C18H24N4O2. The zero-order valence-corrected chi connectivity index (χ0v) is 14.2. The Morgan fingerprint density at radius 1 is 1.25 bits per heavy atom. The number of hydrogen-bond donors (Lipinski definition) is 1. The van der Waals surface area contributed by atoms with E-state index in [1.54, 1.807) is 0 Å². The molecule has 2 aromatic heterocycles. The summed E-state index contributed by atoms with van der Waals surface area (Å²) in [5.74, 6) is 0.0553. The van der Waals surface area contributed by atoms with Gasteiger partial charge in [0.2, 0.25) is 0 Å². The van der Waals surface area contributed by atoms with Gasteiger partial charge in [0.05, 0.1) is 17.9 Å². The monoisotopic (exact) mass is 328 g/mol. The van der Waals surface area contributed by atoms with Crippen molar-refractivity contribution in [1.29, 1.82) is 0 Å². The average molecular weight is 328 g/mol. The first-order chi connectivity index (χ1) is 11.6. The lowest BCUT2D eigenvalue weighted by Gasteiger charge is -2.33. The van der Waals surface area contributed by atoms with Crippen LogP contribution in [0.25, 0.3) is 0 Å². The summed E-state index contributed by atoms with van der Waals surface area (Å²) < 4.78 is 8.06. The number of rotatable bonds is 2. The molecule has 0 spiro atoms. The highest BCUT2D eigenvalue weighted by atomic mass is 16.5. The zero-order valence-electron chi connectivity index (χ0n) is 14.2. The molecule has 4 heterocycles. The topological polar surface area (TPSA) is 63.2 Å². The van der Waals surface area contributed by atoms with E-state index in [-0.39, 0.29) is 18.1 Å². The van der Waals surface area contributed by atoms with Gasteiger partial charge in [-0.05, 0) is 38.8 Å². The first kappa shape index (κ1) is 15.4. The molecule has 6 nitrogen and oxygen atoms in total. The molecule has 0 bridgehead atoms. The van der Waals surface area contributed by atoms with Crippen LogP contribution in [0.5, 0.6) is 0 Å². The zero-order chi connectivity index (χ0) is 16.7. The predicted molar refractivity (Wildman–Crippen MR) is 89.9 cm³/mol. The number of piperidine rings is 1. The summed E-state index contributed by atoms with van der Waals surface area (Å²) in [5, 5.41) is 7.35. The Morgan fingerprint density at radius 3 is 2.67 bits per heavy atom. The quantitative estimate of drug-likeness (QED) is 0.922. The van der Waals surface area contributed by atoms with E-state index in [0.717, 1.165) is 43.6 Å². The second kappa shape index (κ2) is 6.09. The van der Waals surface area contributed by atoms with Gasteiger partial charge in [-0.3, -0.25) is 9.89 Å². The summed E-state index contributed by atoms with van der Waals surface area (Å²) >= 11 is 0. The maximum atomic E-state index is 12.9. The molecule has 6 heteroatoms. The Labute approximate surface area is 141 Å². The van der Waals surface area contributed by atoms with Crippen LogP contribution in [-0.2, 0) is 11.2 Å². The molecule has 4 rings (SSSR count). The Balaban J connectivity index is 1.48. The first-order valence-corrected chi connectivity index (χ1v) is 8.78. The molecule has 0 saturated carbocycles. The summed E-state index contributed by atoms with van der Waals surface area (Å²) in [5.41, 5.74) is 2.59. The fraction of sp³-hybridized carbons (Fsp3) is 0.556. The Kier molecular flexibility index (Phi) is 3.92. The largest absolute Gasteiger partial charge is 0.369 e. The molecule has 128 valence electrons. The fourth-order valence-electron chi connectivity index (χ4n) is 3.96. The second-order valence-electron chi connectivity index (χ2n) is 6.91. The molecule has 2 atom stereocenters. The fourth-order valence-corrected chi connectivity index (χ4v) is 3.96. The number of likely N-dealkylation sites (tertiary alicyclic amines) is 1. The van der Waals surface area contributed by atoms with E-state index in [2.05, 4.69) is 39.3 Å². The third-order valence-corrected chi connectivity index (χ3v) is 5.24. The van der Waals surface area contributed by atoms with Crippen molar-refractivity contribution in [2.24, 2.45) is 0 Å². The van der Waals surface area contributed by atoms with Crippen molar-refractivity contribution in [1.82, 2.24) is 19.7 Å². The number of fused-ring (bicyclic) bond motifs is 1. The normalized spacial score (nSPS) is 24.8. The highest BCUT2D eigenvalue weighted by molar-refractivity contribution is 5.94. The molecule has 24 heavy (non-hydrogen) atoms. The van der Waals surface area contributed by atoms with Gasteiger partial charge in [-0.25, -0.2) is 0 Å². The van der Waals surface area contributed by atoms with Crippen LogP contribution >= 0.6 is 0 Å². The third kappa shape index (κ3) is 2.65. The molecular weight excluding hydrogens is 304 g/mol. The number of aromatic nitrogens is 3. The highest BCUT2D eigenvalue weighted by Crippen LogP contribution is 2.31. The number of H-pyrrole nitrogens is 1. The highest BCUT2D eigenvalue weighted by Gasteiger charge is 2.32. The van der Waals surface area contributed by atoms with Crippen LogP contribution in [0.2, 0.25) is 0 Å². The molecule has 1 amide bonds. The summed E-state index contributed by atoms with van der Waals surface area (Å²) in [4.78, 5) is 14.9. The van der Waals surface area contributed by atoms with Crippen molar-refractivity contribution in [3.63, 3.8) is 0 Å². The van der Waals surface area contributed by atoms with Gasteiger partial charge in [0, 0.05) is 43.5 Å². The molecule has 0 radical (unpaired) electrons. The lowest BCUT2D eigenvalue weighted by atomic mass is 9.98. The van der Waals surface area contributed by atoms with Gasteiger partial charge in [-0.1, -0.05) is 0 Å². The minimum absolute atomic E-state index is 0.0303. The average Bonchev–Trinajstić information content (AvgIpc) is 3.24. The van der Waals surface area contributed by atoms with E-state index in [1.165, 1.54) is 0 Å². The molecule has 1 N–H and O–H groups in total. The SMILES string of the molecule is C[C@@H]1Cc2c(C(=O)N3CCC(n4cccc4)CC3)n[nH]c2[C@H](C)O1. The van der Waals surface area contributed by atoms with Crippen LogP contribution in [0, 0.1) is 0 Å². The summed E-state index contributed by atoms with van der Waals surface area (Å²) in [6.07, 6.45) is 7.03. The molecule has 0 unspecified atom stereocenters. The number of nitrogens with zero attached hydrogens (tertiary/aromatic N) is 3. The number of carbonyl (C=O) groups excluding carboxylic acids is 1. The minimum Gasteiger partial charge on any atom is -0.369 e. The van der Waals surface area contributed by atoms with Crippen molar-refractivity contribution >= 4 is 5.91 Å². The lowest BCUT2D eigenvalue weighted by molar-refractivity contribution is -0.00703. The van der Waals surface area contributed by atoms with Crippen LogP contribution in [0.15, 0.2) is 24.5 Å². The Hall–Kier alpha value is -2.08. The Bertz CT molecular complexity index is 713. The van der Waals surface area contributed by atoms with E-state index in [0.29, 0.717) is 11.7 Å². The van der Waals surface area contributed by atoms with Crippen molar-refractivity contribution in [3.05, 3.63) is 41.5 Å². The Morgan fingerprint density at radius 2 is 1.96 bits per heavy atom. The number of ether oxygens (including phenoxy) is 1. The smallest absolute Gasteiger partial charge is 0.274 e. The summed E-state index contributed by atoms with van der Waals surface area (Å²) in [7, 11) is 0. The predicted octanol–water partition coefficient (Wildman–Crippen LogP) is 2.71. The van der Waals surface area contributed by atoms with E-state index in [1.807, 2.05) is 18.7 Å². The van der Waals surface area contributed by atoms with Crippen molar-refractivity contribution in [3.8, 4) is 0 Å². The van der Waals surface area contributed by atoms with Crippen LogP contribution in [0.1, 0.15) is 60.6 Å². The molecule has 2 aliphatic heterocycles. The van der Waals surface area contributed by atoms with Gasteiger partial charge < -0.3 is 14.2 Å². The van der Waals surface area contributed by atoms with E-state index < -0.39 is 0 Å². The van der Waals surface area contributed by atoms with Gasteiger partial charge in [0.15, 0.2) is 5.69 Å². The van der Waals surface area contributed by atoms with Crippen molar-refractivity contribution < 1.29 is 9.53 Å². The standard InChI is InChI=1S/C18H24N4O2/c1-12-11-15-16(13(2)24-12)19-20-17(15)18(23)22-9-5-14(6-10-22)21-7-3-4-8-21/h3-4,7-8,12-14H,5-6,9-11H2,1-2H3,(H,19,20)/t12-,13+/m1/s1. The van der Waals surface area contributed by atoms with Crippen LogP contribution < -0.4 is 0 Å². The summed E-state index contributed by atoms with van der Waals surface area (Å²) in [6.45, 7) is 5.61. The first-order valence-electron chi connectivity index (χ1n) is 8.78. The molecule has 0 aliphatic carbocycles. The van der Waals surface area contributed by atoms with Gasteiger partial charge >= 0.3 is 0 Å². The number of nitrogens with one attached hydrogen (secondary N) is 1. The third-order valence-electron chi connectivity index (χ3n) is 5.24. The molecule has 2 aromatic rings. The molecule has 0 aromatic carbocycles.